The van der Waals surface area contributed by atoms with Gasteiger partial charge in [-0.1, -0.05) is 34.6 Å². The normalized spacial score (nSPS) is 12.4. The summed E-state index contributed by atoms with van der Waals surface area (Å²) in [5.74, 6) is 0.708. The molecule has 0 saturated carbocycles. The number of nitrogens with one attached hydrogen (secondary N) is 1. The first kappa shape index (κ1) is 13.6. The van der Waals surface area contributed by atoms with E-state index in [1.807, 2.05) is 0 Å². The van der Waals surface area contributed by atoms with Crippen LogP contribution in [-0.4, -0.2) is 23.3 Å². The van der Waals surface area contributed by atoms with E-state index in [4.69, 9.17) is 0 Å². The molecule has 0 saturated heterocycles. The van der Waals surface area contributed by atoms with Gasteiger partial charge in [0.1, 0.15) is 10.0 Å². The highest BCUT2D eigenvalue weighted by Gasteiger charge is 2.18. The highest BCUT2D eigenvalue weighted by molar-refractivity contribution is 7.11. The molecular formula is C12H23N3S. The summed E-state index contributed by atoms with van der Waals surface area (Å²) >= 11 is 1.74. The molecule has 0 unspecified atom stereocenters. The number of hydrogen-bond acceptors (Lipinski definition) is 4. The molecule has 0 fully saturated rings. The third kappa shape index (κ3) is 4.58. The minimum Gasteiger partial charge on any atom is -0.316 e. The highest BCUT2D eigenvalue weighted by Crippen LogP contribution is 2.25. The zero-order chi connectivity index (χ0) is 12.2. The van der Waals surface area contributed by atoms with Crippen LogP contribution in [0.3, 0.4) is 0 Å². The lowest BCUT2D eigenvalue weighted by Crippen LogP contribution is -2.22. The van der Waals surface area contributed by atoms with E-state index in [1.165, 1.54) is 0 Å². The van der Waals surface area contributed by atoms with Crippen LogP contribution in [0.25, 0.3) is 0 Å². The van der Waals surface area contributed by atoms with Crippen LogP contribution in [0.2, 0.25) is 0 Å². The summed E-state index contributed by atoms with van der Waals surface area (Å²) in [7, 11) is 0. The molecule has 0 amide bonds. The van der Waals surface area contributed by atoms with Crippen molar-refractivity contribution in [3.63, 3.8) is 0 Å². The second-order valence-corrected chi connectivity index (χ2v) is 6.66. The van der Waals surface area contributed by atoms with E-state index in [0.717, 1.165) is 29.5 Å². The summed E-state index contributed by atoms with van der Waals surface area (Å²) in [5, 5.41) is 14.2. The molecule has 0 aromatic carbocycles. The molecule has 0 atom stereocenters. The van der Waals surface area contributed by atoms with Gasteiger partial charge in [-0.15, -0.1) is 21.5 Å². The molecule has 0 radical (unpaired) electrons. The Morgan fingerprint density at radius 1 is 1.25 bits per heavy atom. The van der Waals surface area contributed by atoms with Crippen molar-refractivity contribution in [1.82, 2.24) is 15.5 Å². The van der Waals surface area contributed by atoms with Crippen LogP contribution in [0, 0.1) is 5.92 Å². The number of nitrogens with zero attached hydrogens (tertiary/aromatic N) is 2. The van der Waals surface area contributed by atoms with Crippen LogP contribution in [0.5, 0.6) is 0 Å². The van der Waals surface area contributed by atoms with Crippen LogP contribution in [0.4, 0.5) is 0 Å². The zero-order valence-electron chi connectivity index (χ0n) is 11.0. The third-order valence-corrected chi connectivity index (χ3v) is 3.59. The minimum absolute atomic E-state index is 0.126. The maximum atomic E-state index is 4.24. The Kier molecular flexibility index (Phi) is 4.87. The summed E-state index contributed by atoms with van der Waals surface area (Å²) in [6.07, 6.45) is 0.987. The topological polar surface area (TPSA) is 37.8 Å². The van der Waals surface area contributed by atoms with Crippen LogP contribution in [-0.2, 0) is 11.8 Å². The Morgan fingerprint density at radius 2 is 1.94 bits per heavy atom. The monoisotopic (exact) mass is 241 g/mol. The largest absolute Gasteiger partial charge is 0.316 e. The second kappa shape index (κ2) is 5.73. The summed E-state index contributed by atoms with van der Waals surface area (Å²) in [5.41, 5.74) is 0.126. The van der Waals surface area contributed by atoms with Gasteiger partial charge in [-0.3, -0.25) is 0 Å². The summed E-state index contributed by atoms with van der Waals surface area (Å²) in [4.78, 5) is 0. The summed E-state index contributed by atoms with van der Waals surface area (Å²) in [6.45, 7) is 13.0. The van der Waals surface area contributed by atoms with Crippen molar-refractivity contribution in [2.24, 2.45) is 5.92 Å². The molecule has 0 bridgehead atoms. The first-order chi connectivity index (χ1) is 7.39. The Balaban J connectivity index is 2.36. The zero-order valence-corrected chi connectivity index (χ0v) is 11.8. The summed E-state index contributed by atoms with van der Waals surface area (Å²) < 4.78 is 0. The molecule has 1 heterocycles. The quantitative estimate of drug-likeness (QED) is 0.805. The predicted octanol–water partition coefficient (Wildman–Crippen LogP) is 2.62. The Hall–Kier alpha value is -0.480. The van der Waals surface area contributed by atoms with Gasteiger partial charge < -0.3 is 5.32 Å². The van der Waals surface area contributed by atoms with Crippen molar-refractivity contribution in [3.8, 4) is 0 Å². The van der Waals surface area contributed by atoms with Crippen molar-refractivity contribution in [3.05, 3.63) is 10.0 Å². The summed E-state index contributed by atoms with van der Waals surface area (Å²) in [6, 6.07) is 0. The predicted molar refractivity (Wildman–Crippen MR) is 70.0 cm³/mol. The van der Waals surface area contributed by atoms with Crippen molar-refractivity contribution in [2.75, 3.05) is 13.1 Å². The molecule has 1 aromatic heterocycles. The molecule has 1 N–H and O–H groups in total. The van der Waals surface area contributed by atoms with Crippen LogP contribution in [0.1, 0.15) is 44.6 Å². The van der Waals surface area contributed by atoms with Crippen molar-refractivity contribution >= 4 is 11.3 Å². The van der Waals surface area contributed by atoms with Crippen LogP contribution < -0.4 is 5.32 Å². The van der Waals surface area contributed by atoms with Crippen LogP contribution in [0.15, 0.2) is 0 Å². The smallest absolute Gasteiger partial charge is 0.122 e. The molecule has 1 aromatic rings. The molecule has 1 rings (SSSR count). The van der Waals surface area contributed by atoms with Gasteiger partial charge in [0.05, 0.1) is 0 Å². The molecule has 0 aliphatic heterocycles. The Morgan fingerprint density at radius 3 is 2.44 bits per heavy atom. The van der Waals surface area contributed by atoms with Gasteiger partial charge in [0.25, 0.3) is 0 Å². The average Bonchev–Trinajstić information content (AvgIpc) is 2.59. The number of hydrogen-bond donors (Lipinski definition) is 1. The van der Waals surface area contributed by atoms with E-state index in [0.29, 0.717) is 5.92 Å². The molecule has 0 aliphatic carbocycles. The SMILES string of the molecule is CC(C)CNCCc1nnc(C(C)(C)C)s1. The van der Waals surface area contributed by atoms with Crippen molar-refractivity contribution in [2.45, 2.75) is 46.5 Å². The lowest BCUT2D eigenvalue weighted by Gasteiger charge is -2.12. The maximum absolute atomic E-state index is 4.24. The first-order valence-electron chi connectivity index (χ1n) is 5.93. The van der Waals surface area contributed by atoms with E-state index in [9.17, 15) is 0 Å². The average molecular weight is 241 g/mol. The Bertz CT molecular complexity index is 312. The van der Waals surface area contributed by atoms with Crippen molar-refractivity contribution in [1.29, 1.82) is 0 Å². The van der Waals surface area contributed by atoms with E-state index < -0.39 is 0 Å². The minimum atomic E-state index is 0.126. The molecule has 3 nitrogen and oxygen atoms in total. The maximum Gasteiger partial charge on any atom is 0.122 e. The molecule has 92 valence electrons. The lowest BCUT2D eigenvalue weighted by atomic mass is 9.98. The van der Waals surface area contributed by atoms with Gasteiger partial charge >= 0.3 is 0 Å². The highest BCUT2D eigenvalue weighted by atomic mass is 32.1. The van der Waals surface area contributed by atoms with Gasteiger partial charge in [0.15, 0.2) is 0 Å². The fraction of sp³-hybridized carbons (Fsp3) is 0.833. The van der Waals surface area contributed by atoms with Gasteiger partial charge in [-0.05, 0) is 12.5 Å². The van der Waals surface area contributed by atoms with Gasteiger partial charge in [0, 0.05) is 18.4 Å². The van der Waals surface area contributed by atoms with E-state index >= 15 is 0 Å². The van der Waals surface area contributed by atoms with E-state index in [1.54, 1.807) is 11.3 Å². The number of rotatable bonds is 5. The fourth-order valence-corrected chi connectivity index (χ4v) is 2.14. The van der Waals surface area contributed by atoms with Crippen LogP contribution >= 0.6 is 11.3 Å². The molecule has 4 heteroatoms. The molecule has 16 heavy (non-hydrogen) atoms. The van der Waals surface area contributed by atoms with Crippen molar-refractivity contribution < 1.29 is 0 Å². The van der Waals surface area contributed by atoms with Gasteiger partial charge in [-0.2, -0.15) is 0 Å². The third-order valence-electron chi connectivity index (χ3n) is 2.18. The van der Waals surface area contributed by atoms with E-state index in [2.05, 4.69) is 50.1 Å². The van der Waals surface area contributed by atoms with E-state index in [-0.39, 0.29) is 5.41 Å². The molecule has 0 aliphatic rings. The number of aromatic nitrogens is 2. The first-order valence-corrected chi connectivity index (χ1v) is 6.75. The fourth-order valence-electron chi connectivity index (χ4n) is 1.24. The van der Waals surface area contributed by atoms with Gasteiger partial charge in [-0.25, -0.2) is 0 Å². The molecule has 0 spiro atoms. The second-order valence-electron chi connectivity index (χ2n) is 5.60. The molecular weight excluding hydrogens is 218 g/mol. The van der Waals surface area contributed by atoms with Gasteiger partial charge in [0.2, 0.25) is 0 Å². The standard InChI is InChI=1S/C12H23N3S/c1-9(2)8-13-7-6-10-14-15-11(16-10)12(3,4)5/h9,13H,6-8H2,1-5H3. The Labute approximate surface area is 103 Å². The lowest BCUT2D eigenvalue weighted by molar-refractivity contribution is 0.553.